The quantitative estimate of drug-likeness (QED) is 0.144. The first kappa shape index (κ1) is 43.0. The second-order valence-electron chi connectivity index (χ2n) is 14.8. The van der Waals surface area contributed by atoms with E-state index in [1.54, 1.807) is 20.8 Å². The zero-order chi connectivity index (χ0) is 31.8. The first-order valence-electron chi connectivity index (χ1n) is 16.7. The molecule has 3 aromatic rings. The summed E-state index contributed by atoms with van der Waals surface area (Å²) < 4.78 is 1.54. The second kappa shape index (κ2) is 17.6. The Balaban J connectivity index is 0.00000353. The summed E-state index contributed by atoms with van der Waals surface area (Å²) >= 11 is 2.40. The van der Waals surface area contributed by atoms with Gasteiger partial charge in [0.1, 0.15) is 0 Å². The number of halogens is 3. The molecule has 0 aromatic heterocycles. The van der Waals surface area contributed by atoms with Crippen LogP contribution in [0.2, 0.25) is 0 Å². The fourth-order valence-corrected chi connectivity index (χ4v) is 12.8. The minimum Gasteiger partial charge on any atom is -0.147 e. The first-order valence-corrected chi connectivity index (χ1v) is 19.5. The molecular formula is C41H58Cl3SiTi. The van der Waals surface area contributed by atoms with Gasteiger partial charge in [-0.15, -0.1) is 37.2 Å². The van der Waals surface area contributed by atoms with Crippen LogP contribution in [0, 0.1) is 0 Å². The SMILES string of the molecule is CC(C)c1cc(C(C)C)cc([Si](C2=[C]([Ti])CC=C2)(c2cc(C(C)C)cc(C(C)C)c2)c2cc(C(C)C)cc(C(C)C)c2)c1.Cl.Cl.Cl. The molecule has 0 nitrogen and oxygen atoms in total. The van der Waals surface area contributed by atoms with Crippen molar-refractivity contribution in [3.05, 3.63) is 109 Å². The Morgan fingerprint density at radius 1 is 0.435 bits per heavy atom. The average Bonchev–Trinajstić information content (AvgIpc) is 3.38. The molecule has 1 aliphatic rings. The van der Waals surface area contributed by atoms with E-state index in [-0.39, 0.29) is 37.2 Å². The maximum Gasteiger partial charge on any atom is -0.147 e. The molecule has 0 amide bonds. The summed E-state index contributed by atoms with van der Waals surface area (Å²) in [4.78, 5) is 0. The molecule has 0 spiro atoms. The molecule has 46 heavy (non-hydrogen) atoms. The van der Waals surface area contributed by atoms with Gasteiger partial charge in [-0.25, -0.2) is 0 Å². The van der Waals surface area contributed by atoms with E-state index in [1.807, 2.05) is 0 Å². The van der Waals surface area contributed by atoms with Gasteiger partial charge in [-0.2, -0.15) is 0 Å². The number of rotatable bonds is 10. The summed E-state index contributed by atoms with van der Waals surface area (Å²) in [6.45, 7) is 28.3. The van der Waals surface area contributed by atoms with Gasteiger partial charge in [0.15, 0.2) is 0 Å². The zero-order valence-corrected chi connectivity index (χ0v) is 35.3. The Hall–Kier alpha value is -1.06. The van der Waals surface area contributed by atoms with Crippen LogP contribution in [0.3, 0.4) is 0 Å². The van der Waals surface area contributed by atoms with Crippen molar-refractivity contribution in [3.63, 3.8) is 0 Å². The molecule has 0 atom stereocenters. The minimum atomic E-state index is -2.72. The fraction of sp³-hybridized carbons (Fsp3) is 0.463. The van der Waals surface area contributed by atoms with Crippen molar-refractivity contribution in [1.29, 1.82) is 0 Å². The van der Waals surface area contributed by atoms with Gasteiger partial charge >= 0.3 is 278 Å². The maximum absolute atomic E-state index is 2.72. The van der Waals surface area contributed by atoms with Crippen molar-refractivity contribution in [2.45, 2.75) is 125 Å². The fourth-order valence-electron chi connectivity index (χ4n) is 6.50. The van der Waals surface area contributed by atoms with Gasteiger partial charge in [0, 0.05) is 0 Å². The molecule has 5 heteroatoms. The third-order valence-corrected chi connectivity index (χ3v) is 15.4. The summed E-state index contributed by atoms with van der Waals surface area (Å²) in [5.74, 6) is 2.83. The Labute approximate surface area is 313 Å². The van der Waals surface area contributed by atoms with Gasteiger partial charge in [0.2, 0.25) is 0 Å². The average molecular weight is 733 g/mol. The van der Waals surface area contributed by atoms with Crippen LogP contribution in [-0.2, 0) is 20.4 Å². The van der Waals surface area contributed by atoms with Crippen molar-refractivity contribution in [2.24, 2.45) is 0 Å². The zero-order valence-electron chi connectivity index (χ0n) is 30.2. The largest absolute Gasteiger partial charge is 0.147 e. The van der Waals surface area contributed by atoms with Gasteiger partial charge in [0.05, 0.1) is 0 Å². The molecule has 251 valence electrons. The number of benzene rings is 3. The topological polar surface area (TPSA) is 0 Å². The van der Waals surface area contributed by atoms with Crippen LogP contribution in [0.4, 0.5) is 0 Å². The van der Waals surface area contributed by atoms with Crippen molar-refractivity contribution >= 4 is 60.9 Å². The Morgan fingerprint density at radius 2 is 0.674 bits per heavy atom. The smallest absolute Gasteiger partial charge is 0.147 e. The number of hydrogen-bond acceptors (Lipinski definition) is 0. The van der Waals surface area contributed by atoms with Gasteiger partial charge in [-0.05, 0) is 0 Å². The molecule has 0 unspecified atom stereocenters. The minimum absolute atomic E-state index is 0. The van der Waals surface area contributed by atoms with E-state index in [0.717, 1.165) is 6.42 Å². The summed E-state index contributed by atoms with van der Waals surface area (Å²) in [6.07, 6.45) is 5.99. The van der Waals surface area contributed by atoms with Crippen LogP contribution in [0.15, 0.2) is 75.8 Å². The standard InChI is InChI=1S/C41H55Si.3ClH.Ti/c1-26(2)32-17-33(27(3)4)21-39(20-32)42(38-15-13-14-16-38,40-22-34(28(5)6)18-35(23-40)29(7)8)41-24-36(30(9)10)19-37(25-41)31(11)12;;;;/h13,15,17-31H,14H2,1-12H3;3*1H;. The monoisotopic (exact) mass is 731 g/mol. The predicted molar refractivity (Wildman–Crippen MR) is 211 cm³/mol. The predicted octanol–water partition coefficient (Wildman–Crippen LogP) is 11.5. The molecule has 0 N–H and O–H groups in total. The van der Waals surface area contributed by atoms with Crippen molar-refractivity contribution < 1.29 is 20.4 Å². The Morgan fingerprint density at radius 3 is 0.848 bits per heavy atom. The molecular weight excluding hydrogens is 675 g/mol. The maximum atomic E-state index is 2.61. The number of hydrogen-bond donors (Lipinski definition) is 0. The van der Waals surface area contributed by atoms with E-state index in [9.17, 15) is 0 Å². The van der Waals surface area contributed by atoms with Gasteiger partial charge < -0.3 is 0 Å². The van der Waals surface area contributed by atoms with Gasteiger partial charge in [-0.1, -0.05) is 0 Å². The van der Waals surface area contributed by atoms with Crippen molar-refractivity contribution in [2.75, 3.05) is 0 Å². The molecule has 0 fully saturated rings. The number of allylic oxidation sites excluding steroid dienone is 4. The summed E-state index contributed by atoms with van der Waals surface area (Å²) in [5, 5.41) is 6.24. The normalized spacial score (nSPS) is 13.2. The van der Waals surface area contributed by atoms with E-state index in [4.69, 9.17) is 0 Å². The summed E-state index contributed by atoms with van der Waals surface area (Å²) in [5.41, 5.74) is 8.79. The molecule has 0 saturated heterocycles. The first-order chi connectivity index (χ1) is 20.2. The molecule has 0 heterocycles. The van der Waals surface area contributed by atoms with E-state index >= 15 is 0 Å². The molecule has 0 aliphatic heterocycles. The van der Waals surface area contributed by atoms with Crippen LogP contribution in [0.5, 0.6) is 0 Å². The summed E-state index contributed by atoms with van der Waals surface area (Å²) in [7, 11) is -2.72. The molecule has 0 bridgehead atoms. The molecule has 0 saturated carbocycles. The molecule has 4 rings (SSSR count). The molecule has 0 radical (unpaired) electrons. The van der Waals surface area contributed by atoms with Crippen LogP contribution in [-0.4, -0.2) is 8.07 Å². The van der Waals surface area contributed by atoms with Crippen molar-refractivity contribution in [1.82, 2.24) is 0 Å². The summed E-state index contributed by atoms with van der Waals surface area (Å²) in [6, 6.07) is 23.1. The van der Waals surface area contributed by atoms with E-state index < -0.39 is 8.07 Å². The third kappa shape index (κ3) is 8.74. The van der Waals surface area contributed by atoms with Crippen LogP contribution < -0.4 is 15.6 Å². The molecule has 3 aromatic carbocycles. The van der Waals surface area contributed by atoms with E-state index in [1.165, 1.54) is 37.3 Å². The van der Waals surface area contributed by atoms with E-state index in [0.29, 0.717) is 35.5 Å². The van der Waals surface area contributed by atoms with Crippen LogP contribution in [0.25, 0.3) is 0 Å². The Bertz CT molecular complexity index is 1300. The third-order valence-electron chi connectivity index (χ3n) is 9.57. The molecule has 1 aliphatic carbocycles. The van der Waals surface area contributed by atoms with Crippen molar-refractivity contribution in [3.8, 4) is 0 Å². The van der Waals surface area contributed by atoms with Crippen LogP contribution in [0.1, 0.15) is 158 Å². The van der Waals surface area contributed by atoms with Gasteiger partial charge in [0.25, 0.3) is 0 Å². The second-order valence-corrected chi connectivity index (χ2v) is 19.6. The Kier molecular flexibility index (Phi) is 16.4. The van der Waals surface area contributed by atoms with Crippen LogP contribution >= 0.6 is 37.2 Å². The van der Waals surface area contributed by atoms with E-state index in [2.05, 4.69) is 170 Å². The van der Waals surface area contributed by atoms with Gasteiger partial charge in [-0.3, -0.25) is 0 Å².